The van der Waals surface area contributed by atoms with E-state index in [-0.39, 0.29) is 17.1 Å². The second-order valence-electron chi connectivity index (χ2n) is 4.47. The molecule has 112 valence electrons. The number of nitro benzene ring substituents is 1. The maximum atomic E-state index is 12.2. The van der Waals surface area contributed by atoms with Crippen LogP contribution in [0.25, 0.3) is 0 Å². The lowest BCUT2D eigenvalue weighted by molar-refractivity contribution is -0.385. The maximum absolute atomic E-state index is 12.2. The number of nitrogens with one attached hydrogen (secondary N) is 2. The average molecular weight is 310 g/mol. The molecule has 1 aromatic carbocycles. The number of nitro groups is 1. The number of aromatic amines is 1. The number of sulfonamides is 1. The van der Waals surface area contributed by atoms with Crippen LogP contribution in [0.3, 0.4) is 0 Å². The van der Waals surface area contributed by atoms with Crippen molar-refractivity contribution in [3.05, 3.63) is 51.3 Å². The molecule has 1 aromatic heterocycles. The van der Waals surface area contributed by atoms with Crippen LogP contribution in [0, 0.1) is 24.0 Å². The monoisotopic (exact) mass is 310 g/mol. The summed E-state index contributed by atoms with van der Waals surface area (Å²) in [6, 6.07) is 5.99. The van der Waals surface area contributed by atoms with E-state index in [1.54, 1.807) is 19.9 Å². The van der Waals surface area contributed by atoms with Crippen LogP contribution in [0.1, 0.15) is 17.0 Å². The van der Waals surface area contributed by atoms with Gasteiger partial charge in [-0.3, -0.25) is 15.2 Å². The first-order valence-electron chi connectivity index (χ1n) is 6.06. The van der Waals surface area contributed by atoms with Crippen LogP contribution in [-0.4, -0.2) is 23.5 Å². The van der Waals surface area contributed by atoms with Crippen molar-refractivity contribution in [3.8, 4) is 0 Å². The summed E-state index contributed by atoms with van der Waals surface area (Å²) in [5.74, 6) is 0. The molecule has 0 aliphatic heterocycles. The number of aryl methyl sites for hydroxylation is 2. The van der Waals surface area contributed by atoms with E-state index in [4.69, 9.17) is 0 Å². The van der Waals surface area contributed by atoms with Gasteiger partial charge in [-0.2, -0.15) is 5.10 Å². The molecular formula is C12H14N4O4S. The van der Waals surface area contributed by atoms with Gasteiger partial charge in [0.15, 0.2) is 0 Å². The fourth-order valence-corrected chi connectivity index (χ4v) is 3.39. The zero-order valence-corrected chi connectivity index (χ0v) is 12.3. The molecule has 9 heteroatoms. The van der Waals surface area contributed by atoms with Crippen molar-refractivity contribution in [1.29, 1.82) is 0 Å². The van der Waals surface area contributed by atoms with Gasteiger partial charge in [0, 0.05) is 18.2 Å². The number of nitrogens with zero attached hydrogens (tertiary/aromatic N) is 2. The molecule has 21 heavy (non-hydrogen) atoms. The van der Waals surface area contributed by atoms with Crippen molar-refractivity contribution >= 4 is 15.7 Å². The molecule has 2 rings (SSSR count). The fourth-order valence-electron chi connectivity index (χ4n) is 2.02. The molecule has 8 nitrogen and oxygen atoms in total. The highest BCUT2D eigenvalue weighted by molar-refractivity contribution is 7.89. The normalized spacial score (nSPS) is 11.5. The number of hydrogen-bond donors (Lipinski definition) is 2. The van der Waals surface area contributed by atoms with E-state index in [1.807, 2.05) is 0 Å². The average Bonchev–Trinajstić information content (AvgIpc) is 2.77. The summed E-state index contributed by atoms with van der Waals surface area (Å²) in [6.07, 6.45) is 0. The van der Waals surface area contributed by atoms with Gasteiger partial charge < -0.3 is 0 Å². The third-order valence-corrected chi connectivity index (χ3v) is 4.63. The van der Waals surface area contributed by atoms with Gasteiger partial charge in [0.05, 0.1) is 16.3 Å². The number of para-hydroxylation sites is 1. The first kappa shape index (κ1) is 15.1. The van der Waals surface area contributed by atoms with Crippen LogP contribution < -0.4 is 4.72 Å². The summed E-state index contributed by atoms with van der Waals surface area (Å²) in [4.78, 5) is 10.4. The van der Waals surface area contributed by atoms with Crippen LogP contribution in [0.5, 0.6) is 0 Å². The third kappa shape index (κ3) is 3.09. The van der Waals surface area contributed by atoms with Crippen LogP contribution in [0.4, 0.5) is 5.69 Å². The Morgan fingerprint density at radius 1 is 1.33 bits per heavy atom. The highest BCUT2D eigenvalue weighted by atomic mass is 32.2. The molecule has 0 saturated heterocycles. The molecule has 0 saturated carbocycles. The number of hydrogen-bond acceptors (Lipinski definition) is 5. The van der Waals surface area contributed by atoms with Crippen molar-refractivity contribution in [2.24, 2.45) is 0 Å². The first-order valence-corrected chi connectivity index (χ1v) is 7.55. The molecule has 0 bridgehead atoms. The summed E-state index contributed by atoms with van der Waals surface area (Å²) in [5.41, 5.74) is 0.941. The van der Waals surface area contributed by atoms with E-state index in [1.165, 1.54) is 18.2 Å². The largest absolute Gasteiger partial charge is 0.281 e. The second-order valence-corrected chi connectivity index (χ2v) is 6.18. The van der Waals surface area contributed by atoms with E-state index in [9.17, 15) is 18.5 Å². The van der Waals surface area contributed by atoms with Gasteiger partial charge in [-0.1, -0.05) is 18.2 Å². The van der Waals surface area contributed by atoms with Gasteiger partial charge in [-0.05, 0) is 13.8 Å². The Balaban J connectivity index is 2.26. The zero-order chi connectivity index (χ0) is 15.6. The van der Waals surface area contributed by atoms with E-state index >= 15 is 0 Å². The van der Waals surface area contributed by atoms with Gasteiger partial charge in [0.25, 0.3) is 5.69 Å². The molecular weight excluding hydrogens is 296 g/mol. The molecule has 0 spiro atoms. The van der Waals surface area contributed by atoms with Crippen molar-refractivity contribution in [2.45, 2.75) is 25.3 Å². The van der Waals surface area contributed by atoms with Crippen LogP contribution in [0.2, 0.25) is 0 Å². The number of H-pyrrole nitrogens is 1. The minimum absolute atomic E-state index is 0.0704. The Morgan fingerprint density at radius 2 is 2.00 bits per heavy atom. The standard InChI is InChI=1S/C12H14N4O4S/c1-8-12(9(2)15-14-8)21(19,20)13-7-10-5-3-4-6-11(10)16(17)18/h3-6,13H,7H2,1-2H3,(H,14,15). The van der Waals surface area contributed by atoms with Crippen LogP contribution in [-0.2, 0) is 16.6 Å². The maximum Gasteiger partial charge on any atom is 0.273 e. The van der Waals surface area contributed by atoms with Gasteiger partial charge >= 0.3 is 0 Å². The Kier molecular flexibility index (Phi) is 4.05. The first-order chi connectivity index (χ1) is 9.83. The van der Waals surface area contributed by atoms with E-state index in [2.05, 4.69) is 14.9 Å². The summed E-state index contributed by atoms with van der Waals surface area (Å²) >= 11 is 0. The molecule has 0 aliphatic rings. The summed E-state index contributed by atoms with van der Waals surface area (Å²) in [6.45, 7) is 3.01. The minimum Gasteiger partial charge on any atom is -0.281 e. The second kappa shape index (κ2) is 5.62. The number of aromatic nitrogens is 2. The summed E-state index contributed by atoms with van der Waals surface area (Å²) in [5, 5.41) is 17.3. The van der Waals surface area contributed by atoms with E-state index in [0.29, 0.717) is 17.0 Å². The Morgan fingerprint density at radius 3 is 2.57 bits per heavy atom. The number of benzene rings is 1. The summed E-state index contributed by atoms with van der Waals surface area (Å²) < 4.78 is 26.9. The zero-order valence-electron chi connectivity index (χ0n) is 11.5. The highest BCUT2D eigenvalue weighted by Crippen LogP contribution is 2.20. The van der Waals surface area contributed by atoms with E-state index in [0.717, 1.165) is 0 Å². The van der Waals surface area contributed by atoms with Crippen molar-refractivity contribution in [1.82, 2.24) is 14.9 Å². The molecule has 2 N–H and O–H groups in total. The van der Waals surface area contributed by atoms with Gasteiger partial charge in [0.1, 0.15) is 4.90 Å². The molecule has 1 heterocycles. The molecule has 0 amide bonds. The van der Waals surface area contributed by atoms with Crippen molar-refractivity contribution in [2.75, 3.05) is 0 Å². The highest BCUT2D eigenvalue weighted by Gasteiger charge is 2.23. The smallest absolute Gasteiger partial charge is 0.273 e. The molecule has 0 fully saturated rings. The predicted molar refractivity (Wildman–Crippen MR) is 75.2 cm³/mol. The van der Waals surface area contributed by atoms with Gasteiger partial charge in [-0.25, -0.2) is 13.1 Å². The quantitative estimate of drug-likeness (QED) is 0.639. The molecule has 2 aromatic rings. The molecule has 0 atom stereocenters. The van der Waals surface area contributed by atoms with Gasteiger partial charge in [0.2, 0.25) is 10.0 Å². The lowest BCUT2D eigenvalue weighted by atomic mass is 10.2. The Labute approximate surface area is 121 Å². The van der Waals surface area contributed by atoms with Gasteiger partial charge in [-0.15, -0.1) is 0 Å². The Bertz CT molecular complexity index is 763. The lowest BCUT2D eigenvalue weighted by Gasteiger charge is -2.07. The third-order valence-electron chi connectivity index (χ3n) is 2.97. The summed E-state index contributed by atoms with van der Waals surface area (Å²) in [7, 11) is -3.79. The topological polar surface area (TPSA) is 118 Å². The fraction of sp³-hybridized carbons (Fsp3) is 0.250. The minimum atomic E-state index is -3.79. The van der Waals surface area contributed by atoms with Crippen molar-refractivity contribution < 1.29 is 13.3 Å². The Hall–Kier alpha value is -2.26. The SMILES string of the molecule is Cc1n[nH]c(C)c1S(=O)(=O)NCc1ccccc1[N+](=O)[O-]. The molecule has 0 radical (unpaired) electrons. The lowest BCUT2D eigenvalue weighted by Crippen LogP contribution is -2.24. The predicted octanol–water partition coefficient (Wildman–Crippen LogP) is 1.41. The van der Waals surface area contributed by atoms with Crippen molar-refractivity contribution in [3.63, 3.8) is 0 Å². The number of rotatable bonds is 5. The van der Waals surface area contributed by atoms with Crippen LogP contribution in [0.15, 0.2) is 29.2 Å². The van der Waals surface area contributed by atoms with E-state index < -0.39 is 14.9 Å². The molecule has 0 unspecified atom stereocenters. The van der Waals surface area contributed by atoms with Crippen LogP contribution >= 0.6 is 0 Å². The molecule has 0 aliphatic carbocycles.